The highest BCUT2D eigenvalue weighted by atomic mass is 19.1. The third-order valence-electron chi connectivity index (χ3n) is 7.65. The van der Waals surface area contributed by atoms with E-state index < -0.39 is 11.8 Å². The number of benzene rings is 3. The number of hydrogen-bond donors (Lipinski definition) is 2. The number of carboxylic acids is 1. The van der Waals surface area contributed by atoms with Crippen LogP contribution in [0.15, 0.2) is 72.8 Å². The summed E-state index contributed by atoms with van der Waals surface area (Å²) >= 11 is 0. The van der Waals surface area contributed by atoms with Crippen LogP contribution in [0.3, 0.4) is 0 Å². The van der Waals surface area contributed by atoms with E-state index in [1.165, 1.54) is 6.07 Å². The van der Waals surface area contributed by atoms with Crippen LogP contribution in [0.1, 0.15) is 41.6 Å². The number of carboxylic acid groups (broad SMARTS) is 1. The molecule has 0 saturated carbocycles. The first kappa shape index (κ1) is 25.9. The van der Waals surface area contributed by atoms with Crippen LogP contribution in [0.5, 0.6) is 11.5 Å². The number of carbonyl (C=O) groups excluding carboxylic acids is 1. The topological polar surface area (TPSA) is 82.1 Å². The summed E-state index contributed by atoms with van der Waals surface area (Å²) in [7, 11) is 1.99. The molecule has 3 atom stereocenters. The van der Waals surface area contributed by atoms with E-state index in [9.17, 15) is 14.0 Å². The summed E-state index contributed by atoms with van der Waals surface area (Å²) in [5, 5.41) is 12.1. The number of ether oxygens (including phenoxy) is 1. The van der Waals surface area contributed by atoms with Crippen molar-refractivity contribution in [3.05, 3.63) is 89.7 Å². The number of carbonyl (C=O) groups is 2. The standard InChI is InChI=1S/C30H32FN3O4/c1-33(19-29(35)32-22-9-13-27(14-10-22)38-26-5-3-2-4-6-26)25-16-23-11-12-24(17-25)34(23)18-21-8-7-20(30(36)37)15-28(21)31/h2-10,13-15,23-25H,11-12,16-19H2,1H3,(H,32,35)(H,36,37)/t23-,24+,25?. The summed E-state index contributed by atoms with van der Waals surface area (Å²) in [6, 6.07) is 21.9. The lowest BCUT2D eigenvalue weighted by molar-refractivity contribution is -0.117. The molecule has 0 aromatic heterocycles. The Balaban J connectivity index is 1.12. The molecule has 8 heteroatoms. The number of hydrogen-bond acceptors (Lipinski definition) is 5. The minimum Gasteiger partial charge on any atom is -0.478 e. The molecule has 5 rings (SSSR count). The first-order chi connectivity index (χ1) is 18.4. The van der Waals surface area contributed by atoms with Crippen molar-refractivity contribution in [3.63, 3.8) is 0 Å². The SMILES string of the molecule is CN(CC(=O)Nc1ccc(Oc2ccccc2)cc1)C1C[C@H]2CC[C@@H](C1)N2Cc1ccc(C(=O)O)cc1F. The Morgan fingerprint density at radius 2 is 1.66 bits per heavy atom. The van der Waals surface area contributed by atoms with Gasteiger partial charge in [-0.1, -0.05) is 24.3 Å². The number of fused-ring (bicyclic) bond motifs is 2. The van der Waals surface area contributed by atoms with E-state index in [2.05, 4.69) is 15.1 Å². The molecule has 0 aliphatic carbocycles. The fourth-order valence-electron chi connectivity index (χ4n) is 5.66. The van der Waals surface area contributed by atoms with Gasteiger partial charge in [0.25, 0.3) is 0 Å². The van der Waals surface area contributed by atoms with Crippen molar-refractivity contribution in [1.82, 2.24) is 9.80 Å². The van der Waals surface area contributed by atoms with Crippen molar-refractivity contribution in [2.24, 2.45) is 0 Å². The highest BCUT2D eigenvalue weighted by Crippen LogP contribution is 2.38. The third-order valence-corrected chi connectivity index (χ3v) is 7.65. The lowest BCUT2D eigenvalue weighted by Crippen LogP contribution is -2.50. The Morgan fingerprint density at radius 3 is 2.29 bits per heavy atom. The van der Waals surface area contributed by atoms with Gasteiger partial charge >= 0.3 is 5.97 Å². The van der Waals surface area contributed by atoms with Gasteiger partial charge in [-0.15, -0.1) is 0 Å². The second-order valence-corrected chi connectivity index (χ2v) is 10.2. The number of piperidine rings is 1. The van der Waals surface area contributed by atoms with Gasteiger partial charge in [0.05, 0.1) is 12.1 Å². The molecule has 2 bridgehead atoms. The number of likely N-dealkylation sites (N-methyl/N-ethyl adjacent to an activating group) is 1. The van der Waals surface area contributed by atoms with Gasteiger partial charge in [0.2, 0.25) is 5.91 Å². The number of aromatic carboxylic acids is 1. The predicted molar refractivity (Wildman–Crippen MR) is 143 cm³/mol. The monoisotopic (exact) mass is 517 g/mol. The van der Waals surface area contributed by atoms with Crippen molar-refractivity contribution in [2.45, 2.75) is 50.4 Å². The van der Waals surface area contributed by atoms with E-state index in [1.54, 1.807) is 6.07 Å². The molecule has 3 aromatic rings. The molecule has 1 unspecified atom stereocenters. The Morgan fingerprint density at radius 1 is 1.00 bits per heavy atom. The summed E-state index contributed by atoms with van der Waals surface area (Å²) < 4.78 is 20.3. The molecule has 38 heavy (non-hydrogen) atoms. The van der Waals surface area contributed by atoms with Crippen LogP contribution >= 0.6 is 0 Å². The average molecular weight is 518 g/mol. The zero-order chi connectivity index (χ0) is 26.6. The van der Waals surface area contributed by atoms with Gasteiger partial charge < -0.3 is 15.2 Å². The van der Waals surface area contributed by atoms with Gasteiger partial charge in [-0.25, -0.2) is 9.18 Å². The summed E-state index contributed by atoms with van der Waals surface area (Å²) in [5.74, 6) is -0.213. The van der Waals surface area contributed by atoms with Gasteiger partial charge in [-0.2, -0.15) is 0 Å². The molecule has 2 heterocycles. The van der Waals surface area contributed by atoms with Crippen molar-refractivity contribution < 1.29 is 23.8 Å². The normalized spacial score (nSPS) is 20.9. The van der Waals surface area contributed by atoms with Gasteiger partial charge in [0.1, 0.15) is 17.3 Å². The second-order valence-electron chi connectivity index (χ2n) is 10.2. The molecular weight excluding hydrogens is 485 g/mol. The summed E-state index contributed by atoms with van der Waals surface area (Å²) in [6.45, 7) is 0.764. The highest BCUT2D eigenvalue weighted by Gasteiger charge is 2.42. The maximum absolute atomic E-state index is 14.5. The minimum atomic E-state index is -1.13. The van der Waals surface area contributed by atoms with Gasteiger partial charge in [0.15, 0.2) is 0 Å². The lowest BCUT2D eigenvalue weighted by Gasteiger charge is -2.42. The summed E-state index contributed by atoms with van der Waals surface area (Å²) in [6.07, 6.45) is 3.93. The molecular formula is C30H32FN3O4. The summed E-state index contributed by atoms with van der Waals surface area (Å²) in [5.41, 5.74) is 1.21. The zero-order valence-corrected chi connectivity index (χ0v) is 21.3. The van der Waals surface area contributed by atoms with Crippen LogP contribution in [-0.2, 0) is 11.3 Å². The Kier molecular flexibility index (Phi) is 7.72. The molecule has 198 valence electrons. The number of halogens is 1. The van der Waals surface area contributed by atoms with Crippen LogP contribution in [0.25, 0.3) is 0 Å². The van der Waals surface area contributed by atoms with Gasteiger partial charge in [-0.05, 0) is 81.3 Å². The van der Waals surface area contributed by atoms with Crippen molar-refractivity contribution in [1.29, 1.82) is 0 Å². The molecule has 2 saturated heterocycles. The van der Waals surface area contributed by atoms with Crippen LogP contribution in [0.2, 0.25) is 0 Å². The lowest BCUT2D eigenvalue weighted by atomic mass is 9.95. The maximum atomic E-state index is 14.5. The number of nitrogens with one attached hydrogen (secondary N) is 1. The largest absolute Gasteiger partial charge is 0.478 e. The van der Waals surface area contributed by atoms with Crippen LogP contribution in [-0.4, -0.2) is 58.5 Å². The third kappa shape index (κ3) is 6.03. The first-order valence-electron chi connectivity index (χ1n) is 13.0. The number of amides is 1. The fourth-order valence-corrected chi connectivity index (χ4v) is 5.66. The van der Waals surface area contributed by atoms with Crippen LogP contribution in [0.4, 0.5) is 10.1 Å². The summed E-state index contributed by atoms with van der Waals surface area (Å²) in [4.78, 5) is 28.3. The Bertz CT molecular complexity index is 1270. The van der Waals surface area contributed by atoms with E-state index in [4.69, 9.17) is 9.84 Å². The smallest absolute Gasteiger partial charge is 0.335 e. The average Bonchev–Trinajstić information content (AvgIpc) is 3.12. The highest BCUT2D eigenvalue weighted by molar-refractivity contribution is 5.92. The molecule has 2 aliphatic rings. The Hall–Kier alpha value is -3.75. The van der Waals surface area contributed by atoms with Gasteiger partial charge in [0, 0.05) is 35.9 Å². The number of rotatable bonds is 9. The maximum Gasteiger partial charge on any atom is 0.335 e. The van der Waals surface area contributed by atoms with Gasteiger partial charge in [-0.3, -0.25) is 14.6 Å². The number of para-hydroxylation sites is 1. The fraction of sp³-hybridized carbons (Fsp3) is 0.333. The molecule has 2 aliphatic heterocycles. The molecule has 3 aromatic carbocycles. The first-order valence-corrected chi connectivity index (χ1v) is 13.0. The van der Waals surface area contributed by atoms with Crippen LogP contribution in [0, 0.1) is 5.82 Å². The quantitative estimate of drug-likeness (QED) is 0.397. The molecule has 2 N–H and O–H groups in total. The number of nitrogens with zero attached hydrogens (tertiary/aromatic N) is 2. The minimum absolute atomic E-state index is 0.0377. The van der Waals surface area contributed by atoms with E-state index in [-0.39, 0.29) is 24.1 Å². The Labute approximate surface area is 221 Å². The van der Waals surface area contributed by atoms with Crippen molar-refractivity contribution in [2.75, 3.05) is 18.9 Å². The molecule has 2 fully saturated rings. The van der Waals surface area contributed by atoms with Crippen molar-refractivity contribution in [3.8, 4) is 11.5 Å². The predicted octanol–water partition coefficient (Wildman–Crippen LogP) is 5.38. The van der Waals surface area contributed by atoms with Crippen LogP contribution < -0.4 is 10.1 Å². The van der Waals surface area contributed by atoms with Crippen molar-refractivity contribution >= 4 is 17.6 Å². The second kappa shape index (κ2) is 11.3. The number of anilines is 1. The molecule has 7 nitrogen and oxygen atoms in total. The van der Waals surface area contributed by atoms with E-state index in [0.717, 1.165) is 43.2 Å². The van der Waals surface area contributed by atoms with E-state index >= 15 is 0 Å². The van der Waals surface area contributed by atoms with E-state index in [1.807, 2.05) is 61.6 Å². The molecule has 0 spiro atoms. The molecule has 1 amide bonds. The molecule has 0 radical (unpaired) electrons. The van der Waals surface area contributed by atoms with E-state index in [0.29, 0.717) is 29.9 Å². The zero-order valence-electron chi connectivity index (χ0n) is 21.3.